The zero-order chi connectivity index (χ0) is 9.26. The molecular formula is C9H12N2O2. The number of aromatic nitrogens is 1. The fraction of sp³-hybridized carbons (Fsp3) is 0.444. The lowest BCUT2D eigenvalue weighted by molar-refractivity contribution is 0.0600. The lowest BCUT2D eigenvalue weighted by atomic mass is 10.3. The highest BCUT2D eigenvalue weighted by Gasteiger charge is 2.14. The summed E-state index contributed by atoms with van der Waals surface area (Å²) < 4.78 is 6.73. The van der Waals surface area contributed by atoms with Crippen LogP contribution >= 0.6 is 0 Å². The summed E-state index contributed by atoms with van der Waals surface area (Å²) in [5.74, 6) is -0.262. The van der Waals surface area contributed by atoms with Crippen molar-refractivity contribution < 1.29 is 9.53 Å². The van der Waals surface area contributed by atoms with Crippen molar-refractivity contribution in [1.82, 2.24) is 9.88 Å². The maximum Gasteiger partial charge on any atom is 0.339 e. The Bertz CT molecular complexity index is 307. The van der Waals surface area contributed by atoms with Crippen LogP contribution in [-0.2, 0) is 17.8 Å². The van der Waals surface area contributed by atoms with Gasteiger partial charge in [-0.3, -0.25) is 0 Å². The highest BCUT2D eigenvalue weighted by molar-refractivity contribution is 5.89. The number of esters is 1. The van der Waals surface area contributed by atoms with Gasteiger partial charge in [0.15, 0.2) is 0 Å². The second-order valence-electron chi connectivity index (χ2n) is 3.08. The number of hydrogen-bond acceptors (Lipinski definition) is 3. The highest BCUT2D eigenvalue weighted by Crippen LogP contribution is 2.12. The first-order chi connectivity index (χ1) is 6.31. The average molecular weight is 180 g/mol. The summed E-state index contributed by atoms with van der Waals surface area (Å²) in [4.78, 5) is 11.2. The maximum absolute atomic E-state index is 11.2. The largest absolute Gasteiger partial charge is 0.465 e. The Morgan fingerprint density at radius 2 is 2.54 bits per heavy atom. The number of fused-ring (bicyclic) bond motifs is 1. The van der Waals surface area contributed by atoms with Crippen molar-refractivity contribution in [3.63, 3.8) is 0 Å². The number of carbonyl (C=O) groups excluding carboxylic acids is 1. The van der Waals surface area contributed by atoms with E-state index in [1.54, 1.807) is 0 Å². The highest BCUT2D eigenvalue weighted by atomic mass is 16.5. The first-order valence-corrected chi connectivity index (χ1v) is 4.29. The smallest absolute Gasteiger partial charge is 0.339 e. The van der Waals surface area contributed by atoms with Crippen molar-refractivity contribution in [1.29, 1.82) is 0 Å². The second-order valence-corrected chi connectivity index (χ2v) is 3.08. The fourth-order valence-electron chi connectivity index (χ4n) is 1.56. The summed E-state index contributed by atoms with van der Waals surface area (Å²) in [6.45, 7) is 2.71. The summed E-state index contributed by atoms with van der Waals surface area (Å²) in [7, 11) is 1.40. The van der Waals surface area contributed by atoms with E-state index in [-0.39, 0.29) is 5.97 Å². The molecule has 1 aromatic heterocycles. The number of methoxy groups -OCH3 is 1. The van der Waals surface area contributed by atoms with E-state index in [0.29, 0.717) is 5.56 Å². The third-order valence-corrected chi connectivity index (χ3v) is 2.24. The van der Waals surface area contributed by atoms with Crippen LogP contribution in [0.4, 0.5) is 0 Å². The molecule has 1 aliphatic heterocycles. The van der Waals surface area contributed by atoms with Crippen molar-refractivity contribution in [3.8, 4) is 0 Å². The Morgan fingerprint density at radius 3 is 3.23 bits per heavy atom. The molecule has 0 unspecified atom stereocenters. The van der Waals surface area contributed by atoms with E-state index in [1.807, 2.05) is 12.3 Å². The van der Waals surface area contributed by atoms with Crippen LogP contribution in [0.1, 0.15) is 16.1 Å². The molecule has 0 spiro atoms. The molecule has 1 N–H and O–H groups in total. The molecule has 0 saturated heterocycles. The SMILES string of the molecule is COC(=O)c1cc2n(c1)CCNC2. The number of nitrogens with zero attached hydrogens (tertiary/aromatic N) is 1. The molecule has 13 heavy (non-hydrogen) atoms. The minimum absolute atomic E-state index is 0.262. The minimum atomic E-state index is -0.262. The predicted molar refractivity (Wildman–Crippen MR) is 47.5 cm³/mol. The van der Waals surface area contributed by atoms with Crippen molar-refractivity contribution in [2.45, 2.75) is 13.1 Å². The monoisotopic (exact) mass is 180 g/mol. The van der Waals surface area contributed by atoms with Gasteiger partial charge >= 0.3 is 5.97 Å². The second kappa shape index (κ2) is 3.22. The molecule has 4 heteroatoms. The first-order valence-electron chi connectivity index (χ1n) is 4.29. The molecule has 4 nitrogen and oxygen atoms in total. The van der Waals surface area contributed by atoms with Crippen LogP contribution in [0.5, 0.6) is 0 Å². The van der Waals surface area contributed by atoms with E-state index < -0.39 is 0 Å². The van der Waals surface area contributed by atoms with E-state index in [4.69, 9.17) is 0 Å². The van der Waals surface area contributed by atoms with Gasteiger partial charge in [0, 0.05) is 31.5 Å². The molecule has 0 fully saturated rings. The van der Waals surface area contributed by atoms with Gasteiger partial charge in [0.25, 0.3) is 0 Å². The van der Waals surface area contributed by atoms with Crippen LogP contribution < -0.4 is 5.32 Å². The molecule has 0 bridgehead atoms. The molecule has 0 aromatic carbocycles. The van der Waals surface area contributed by atoms with Gasteiger partial charge in [-0.2, -0.15) is 0 Å². The Hall–Kier alpha value is -1.29. The van der Waals surface area contributed by atoms with Crippen molar-refractivity contribution >= 4 is 5.97 Å². The normalized spacial score (nSPS) is 15.2. The van der Waals surface area contributed by atoms with Crippen LogP contribution in [0.2, 0.25) is 0 Å². The van der Waals surface area contributed by atoms with Gasteiger partial charge in [-0.25, -0.2) is 4.79 Å². The average Bonchev–Trinajstić information content (AvgIpc) is 2.59. The van der Waals surface area contributed by atoms with E-state index in [0.717, 1.165) is 25.3 Å². The number of carbonyl (C=O) groups is 1. The van der Waals surface area contributed by atoms with Gasteiger partial charge in [-0.15, -0.1) is 0 Å². The van der Waals surface area contributed by atoms with Crippen LogP contribution in [0, 0.1) is 0 Å². The Morgan fingerprint density at radius 1 is 1.69 bits per heavy atom. The number of rotatable bonds is 1. The number of hydrogen-bond donors (Lipinski definition) is 1. The minimum Gasteiger partial charge on any atom is -0.465 e. The molecular weight excluding hydrogens is 168 g/mol. The van der Waals surface area contributed by atoms with Gasteiger partial charge in [0.1, 0.15) is 0 Å². The van der Waals surface area contributed by atoms with Crippen molar-refractivity contribution in [2.24, 2.45) is 0 Å². The maximum atomic E-state index is 11.2. The predicted octanol–water partition coefficient (Wildman–Crippen LogP) is 0.378. The zero-order valence-electron chi connectivity index (χ0n) is 7.54. The van der Waals surface area contributed by atoms with E-state index in [1.165, 1.54) is 7.11 Å². The van der Waals surface area contributed by atoms with Crippen molar-refractivity contribution in [2.75, 3.05) is 13.7 Å². The first kappa shape index (κ1) is 8.31. The van der Waals surface area contributed by atoms with Crippen LogP contribution in [0.25, 0.3) is 0 Å². The molecule has 1 aliphatic rings. The Balaban J connectivity index is 2.30. The molecule has 2 heterocycles. The van der Waals surface area contributed by atoms with Crippen molar-refractivity contribution in [3.05, 3.63) is 23.5 Å². The topological polar surface area (TPSA) is 43.3 Å². The molecule has 0 aliphatic carbocycles. The Labute approximate surface area is 76.5 Å². The van der Waals surface area contributed by atoms with Gasteiger partial charge in [0.2, 0.25) is 0 Å². The number of nitrogens with one attached hydrogen (secondary N) is 1. The quantitative estimate of drug-likeness (QED) is 0.635. The third-order valence-electron chi connectivity index (χ3n) is 2.24. The van der Waals surface area contributed by atoms with Gasteiger partial charge in [0.05, 0.1) is 12.7 Å². The molecule has 0 saturated carbocycles. The van der Waals surface area contributed by atoms with Crippen LogP contribution in [0.15, 0.2) is 12.3 Å². The summed E-state index contributed by atoms with van der Waals surface area (Å²) in [5.41, 5.74) is 1.79. The summed E-state index contributed by atoms with van der Waals surface area (Å²) in [6, 6.07) is 1.87. The molecule has 0 amide bonds. The fourth-order valence-corrected chi connectivity index (χ4v) is 1.56. The summed E-state index contributed by atoms with van der Waals surface area (Å²) in [6.07, 6.45) is 1.85. The van der Waals surface area contributed by atoms with Gasteiger partial charge in [-0.1, -0.05) is 0 Å². The third kappa shape index (κ3) is 1.45. The molecule has 0 radical (unpaired) electrons. The summed E-state index contributed by atoms with van der Waals surface area (Å²) in [5, 5.41) is 3.24. The van der Waals surface area contributed by atoms with E-state index >= 15 is 0 Å². The zero-order valence-corrected chi connectivity index (χ0v) is 7.54. The standard InChI is InChI=1S/C9H12N2O2/c1-13-9(12)7-4-8-5-10-2-3-11(8)6-7/h4,6,10H,2-3,5H2,1H3. The van der Waals surface area contributed by atoms with E-state index in [2.05, 4.69) is 14.6 Å². The lowest BCUT2D eigenvalue weighted by Crippen LogP contribution is -2.27. The molecule has 1 aromatic rings. The van der Waals surface area contributed by atoms with E-state index in [9.17, 15) is 4.79 Å². The van der Waals surface area contributed by atoms with Gasteiger partial charge in [-0.05, 0) is 6.07 Å². The van der Waals surface area contributed by atoms with Crippen LogP contribution in [0.3, 0.4) is 0 Å². The van der Waals surface area contributed by atoms with Gasteiger partial charge < -0.3 is 14.6 Å². The molecule has 2 rings (SSSR count). The lowest BCUT2D eigenvalue weighted by Gasteiger charge is -2.15. The molecule has 70 valence electrons. The Kier molecular flexibility index (Phi) is 2.06. The summed E-state index contributed by atoms with van der Waals surface area (Å²) >= 11 is 0. The number of ether oxygens (including phenoxy) is 1. The molecule has 0 atom stereocenters. The van der Waals surface area contributed by atoms with Crippen LogP contribution in [-0.4, -0.2) is 24.2 Å².